The van der Waals surface area contributed by atoms with Gasteiger partial charge in [-0.2, -0.15) is 0 Å². The van der Waals surface area contributed by atoms with E-state index in [1.807, 2.05) is 0 Å². The lowest BCUT2D eigenvalue weighted by Crippen LogP contribution is -2.34. The van der Waals surface area contributed by atoms with E-state index in [1.165, 1.54) is 23.1 Å². The quantitative estimate of drug-likeness (QED) is 0.878. The van der Waals surface area contributed by atoms with Crippen molar-refractivity contribution in [2.75, 3.05) is 20.2 Å². The Bertz CT molecular complexity index is 483. The van der Waals surface area contributed by atoms with Gasteiger partial charge in [0.05, 0.1) is 6.10 Å². The van der Waals surface area contributed by atoms with Crippen LogP contribution in [-0.4, -0.2) is 53.2 Å². The Hall–Kier alpha value is -1.95. The normalized spacial score (nSPS) is 18.3. The van der Waals surface area contributed by atoms with Gasteiger partial charge in [0, 0.05) is 20.2 Å². The van der Waals surface area contributed by atoms with E-state index in [2.05, 4.69) is 4.98 Å². The predicted molar refractivity (Wildman–Crippen MR) is 67.1 cm³/mol. The van der Waals surface area contributed by atoms with E-state index < -0.39 is 5.97 Å². The molecule has 0 spiro atoms. The van der Waals surface area contributed by atoms with Crippen LogP contribution in [0.3, 0.4) is 0 Å². The average Bonchev–Trinajstić information content (AvgIpc) is 2.90. The van der Waals surface area contributed by atoms with Gasteiger partial charge in [0.2, 0.25) is 0 Å². The van der Waals surface area contributed by atoms with Crippen molar-refractivity contribution in [1.82, 2.24) is 9.88 Å². The van der Waals surface area contributed by atoms with E-state index in [9.17, 15) is 9.59 Å². The second kappa shape index (κ2) is 5.79. The molecule has 102 valence electrons. The van der Waals surface area contributed by atoms with Gasteiger partial charge in [-0.15, -0.1) is 0 Å². The Labute approximate surface area is 111 Å². The molecular formula is C13H16N2O4. The molecule has 0 unspecified atom stereocenters. The first-order chi connectivity index (χ1) is 9.08. The number of carbonyl (C=O) groups is 2. The van der Waals surface area contributed by atoms with Crippen LogP contribution in [0, 0.1) is 0 Å². The molecule has 0 radical (unpaired) electrons. The van der Waals surface area contributed by atoms with Crippen molar-refractivity contribution in [3.8, 4) is 0 Å². The van der Waals surface area contributed by atoms with Gasteiger partial charge in [-0.05, 0) is 25.0 Å². The summed E-state index contributed by atoms with van der Waals surface area (Å²) in [5.41, 5.74) is 0.0109. The molecule has 1 fully saturated rings. The minimum Gasteiger partial charge on any atom is -0.477 e. The summed E-state index contributed by atoms with van der Waals surface area (Å²) in [6.07, 6.45) is 2.02. The lowest BCUT2D eigenvalue weighted by molar-refractivity contribution is 0.0582. The summed E-state index contributed by atoms with van der Waals surface area (Å²) in [6, 6.07) is 4.39. The van der Waals surface area contributed by atoms with Crippen LogP contribution < -0.4 is 0 Å². The number of likely N-dealkylation sites (N-methyl/N-ethyl adjacent to an activating group) is 1. The Morgan fingerprint density at radius 1 is 1.47 bits per heavy atom. The zero-order chi connectivity index (χ0) is 13.8. The SMILES string of the molecule is CN(C[C@@H]1CCCO1)C(=O)c1cccc(C(=O)O)n1. The van der Waals surface area contributed by atoms with E-state index in [-0.39, 0.29) is 23.4 Å². The molecule has 1 amide bonds. The number of hydrogen-bond acceptors (Lipinski definition) is 4. The summed E-state index contributed by atoms with van der Waals surface area (Å²) in [4.78, 5) is 28.3. The monoisotopic (exact) mass is 264 g/mol. The number of pyridine rings is 1. The van der Waals surface area contributed by atoms with Crippen molar-refractivity contribution in [2.24, 2.45) is 0 Å². The Kier molecular flexibility index (Phi) is 4.11. The summed E-state index contributed by atoms with van der Waals surface area (Å²) in [5.74, 6) is -1.44. The van der Waals surface area contributed by atoms with Crippen molar-refractivity contribution in [2.45, 2.75) is 18.9 Å². The number of amides is 1. The van der Waals surface area contributed by atoms with Crippen molar-refractivity contribution in [3.63, 3.8) is 0 Å². The minimum atomic E-state index is -1.14. The fraction of sp³-hybridized carbons (Fsp3) is 0.462. The van der Waals surface area contributed by atoms with Gasteiger partial charge in [-0.25, -0.2) is 9.78 Å². The topological polar surface area (TPSA) is 79.7 Å². The molecule has 1 aliphatic rings. The number of rotatable bonds is 4. The summed E-state index contributed by atoms with van der Waals surface area (Å²) >= 11 is 0. The molecule has 2 heterocycles. The molecule has 2 rings (SSSR count). The molecule has 1 aliphatic heterocycles. The minimum absolute atomic E-state index is 0.0663. The number of aromatic carboxylic acids is 1. The number of carboxylic acid groups (broad SMARTS) is 1. The van der Waals surface area contributed by atoms with Crippen molar-refractivity contribution >= 4 is 11.9 Å². The highest BCUT2D eigenvalue weighted by Gasteiger charge is 2.21. The van der Waals surface area contributed by atoms with Gasteiger partial charge in [-0.3, -0.25) is 4.79 Å². The van der Waals surface area contributed by atoms with E-state index in [0.717, 1.165) is 19.4 Å². The van der Waals surface area contributed by atoms with Crippen LogP contribution >= 0.6 is 0 Å². The number of aromatic nitrogens is 1. The van der Waals surface area contributed by atoms with Crippen LogP contribution in [0.15, 0.2) is 18.2 Å². The number of carbonyl (C=O) groups excluding carboxylic acids is 1. The Morgan fingerprint density at radius 3 is 2.84 bits per heavy atom. The molecule has 0 aromatic carbocycles. The van der Waals surface area contributed by atoms with E-state index in [0.29, 0.717) is 6.54 Å². The van der Waals surface area contributed by atoms with Crippen LogP contribution in [0.5, 0.6) is 0 Å². The first-order valence-corrected chi connectivity index (χ1v) is 6.15. The first-order valence-electron chi connectivity index (χ1n) is 6.15. The largest absolute Gasteiger partial charge is 0.477 e. The van der Waals surface area contributed by atoms with E-state index in [4.69, 9.17) is 9.84 Å². The highest BCUT2D eigenvalue weighted by Crippen LogP contribution is 2.13. The predicted octanol–water partition coefficient (Wildman–Crippen LogP) is 1.03. The van der Waals surface area contributed by atoms with Gasteiger partial charge >= 0.3 is 5.97 Å². The second-order valence-electron chi connectivity index (χ2n) is 4.53. The van der Waals surface area contributed by atoms with Crippen LogP contribution in [0.4, 0.5) is 0 Å². The van der Waals surface area contributed by atoms with Gasteiger partial charge in [-0.1, -0.05) is 6.07 Å². The van der Waals surface area contributed by atoms with E-state index in [1.54, 1.807) is 7.05 Å². The standard InChI is InChI=1S/C13H16N2O4/c1-15(8-9-4-3-7-19-9)12(16)10-5-2-6-11(14-10)13(17)18/h2,5-6,9H,3-4,7-8H2,1H3,(H,17,18)/t9-/m0/s1. The Balaban J connectivity index is 2.05. The summed E-state index contributed by atoms with van der Waals surface area (Å²) < 4.78 is 5.46. The maximum Gasteiger partial charge on any atom is 0.354 e. The van der Waals surface area contributed by atoms with Gasteiger partial charge < -0.3 is 14.7 Å². The second-order valence-corrected chi connectivity index (χ2v) is 4.53. The van der Waals surface area contributed by atoms with Crippen LogP contribution in [0.25, 0.3) is 0 Å². The van der Waals surface area contributed by atoms with Gasteiger partial charge in [0.15, 0.2) is 0 Å². The Morgan fingerprint density at radius 2 is 2.21 bits per heavy atom. The number of nitrogens with zero attached hydrogens (tertiary/aromatic N) is 2. The van der Waals surface area contributed by atoms with Crippen molar-refractivity contribution in [1.29, 1.82) is 0 Å². The molecule has 1 aromatic rings. The van der Waals surface area contributed by atoms with Crippen LogP contribution in [0.2, 0.25) is 0 Å². The molecule has 6 heteroatoms. The molecule has 1 saturated heterocycles. The molecule has 0 bridgehead atoms. The molecular weight excluding hydrogens is 248 g/mol. The zero-order valence-corrected chi connectivity index (χ0v) is 10.7. The molecule has 1 N–H and O–H groups in total. The fourth-order valence-corrected chi connectivity index (χ4v) is 2.05. The third-order valence-electron chi connectivity index (χ3n) is 3.04. The van der Waals surface area contributed by atoms with Crippen molar-refractivity contribution < 1.29 is 19.4 Å². The third kappa shape index (κ3) is 3.29. The number of ether oxygens (including phenoxy) is 1. The van der Waals surface area contributed by atoms with Crippen molar-refractivity contribution in [3.05, 3.63) is 29.6 Å². The highest BCUT2D eigenvalue weighted by atomic mass is 16.5. The summed E-state index contributed by atoms with van der Waals surface area (Å²) in [7, 11) is 1.67. The lowest BCUT2D eigenvalue weighted by atomic mass is 10.2. The molecule has 6 nitrogen and oxygen atoms in total. The van der Waals surface area contributed by atoms with Crippen LogP contribution in [-0.2, 0) is 4.74 Å². The highest BCUT2D eigenvalue weighted by molar-refractivity contribution is 5.94. The molecule has 1 atom stereocenters. The molecule has 19 heavy (non-hydrogen) atoms. The van der Waals surface area contributed by atoms with E-state index >= 15 is 0 Å². The lowest BCUT2D eigenvalue weighted by Gasteiger charge is -2.20. The fourth-order valence-electron chi connectivity index (χ4n) is 2.05. The maximum atomic E-state index is 12.1. The summed E-state index contributed by atoms with van der Waals surface area (Å²) in [6.45, 7) is 1.23. The smallest absolute Gasteiger partial charge is 0.354 e. The number of hydrogen-bond donors (Lipinski definition) is 1. The zero-order valence-electron chi connectivity index (χ0n) is 10.7. The maximum absolute atomic E-state index is 12.1. The summed E-state index contributed by atoms with van der Waals surface area (Å²) in [5, 5.41) is 8.85. The average molecular weight is 264 g/mol. The molecule has 1 aromatic heterocycles. The first kappa shape index (κ1) is 13.5. The van der Waals surface area contributed by atoms with Gasteiger partial charge in [0.1, 0.15) is 11.4 Å². The molecule has 0 aliphatic carbocycles. The third-order valence-corrected chi connectivity index (χ3v) is 3.04. The number of carboxylic acids is 1. The van der Waals surface area contributed by atoms with Gasteiger partial charge in [0.25, 0.3) is 5.91 Å². The molecule has 0 saturated carbocycles. The van der Waals surface area contributed by atoms with Crippen LogP contribution in [0.1, 0.15) is 33.8 Å².